The molecule has 0 unspecified atom stereocenters. The Kier molecular flexibility index (Phi) is 20.8. The van der Waals surface area contributed by atoms with Gasteiger partial charge in [-0.05, 0) is 87.7 Å². The normalized spacial score (nSPS) is 34.4. The zero-order chi connectivity index (χ0) is 47.4. The molecule has 3 N–H and O–H groups in total. The first-order valence-electron chi connectivity index (χ1n) is 21.6. The van der Waals surface area contributed by atoms with Gasteiger partial charge in [0.15, 0.2) is 12.1 Å². The lowest BCUT2D eigenvalue weighted by atomic mass is 9.75. The van der Waals surface area contributed by atoms with Crippen molar-refractivity contribution in [2.75, 3.05) is 41.5 Å². The highest BCUT2D eigenvalue weighted by molar-refractivity contribution is 6.07. The van der Waals surface area contributed by atoms with Crippen LogP contribution in [0.25, 0.3) is 0 Å². The van der Waals surface area contributed by atoms with Crippen molar-refractivity contribution in [2.45, 2.75) is 174 Å². The molecule has 356 valence electrons. The highest BCUT2D eigenvalue weighted by Crippen LogP contribution is 2.38. The summed E-state index contributed by atoms with van der Waals surface area (Å²) in [5, 5.41) is 16.4. The van der Waals surface area contributed by atoms with Crippen LogP contribution in [0.4, 0.5) is 9.18 Å². The summed E-state index contributed by atoms with van der Waals surface area (Å²) in [6.45, 7) is 14.7. The van der Waals surface area contributed by atoms with Crippen molar-refractivity contribution in [3.8, 4) is 0 Å². The summed E-state index contributed by atoms with van der Waals surface area (Å²) in [5.41, 5.74) is -4.72. The predicted octanol–water partition coefficient (Wildman–Crippen LogP) is 2.88. The molecule has 18 nitrogen and oxygen atoms in total. The first-order chi connectivity index (χ1) is 28.8. The minimum Gasteiger partial charge on any atom is -0.467 e. The number of nitrogens with zero attached hydrogens (tertiary/aromatic N) is 2. The van der Waals surface area contributed by atoms with Gasteiger partial charge in [0.25, 0.3) is 5.67 Å². The summed E-state index contributed by atoms with van der Waals surface area (Å²) in [7, 11) is 6.14. The highest BCUT2D eigenvalue weighted by atomic mass is 19.1. The SMILES string of the molecule is CC[C@@H]1COC(=O)N(CCCCC(=O)N[C@@H](C)C(=O)N[C@@H](C)C(=O)OC)[C@H](C)[C@@H](C)C(=O)[C@H](C)C[C@](C)(OC)[C@H](O[C@H]2O[C@H](C)C[C@H](N(C)C)[C@H]2O)[C@@H](C)C(=O)[C@@](C)(F)C(=O)O1. The van der Waals surface area contributed by atoms with Gasteiger partial charge in [-0.2, -0.15) is 0 Å². The molecule has 0 spiro atoms. The van der Waals surface area contributed by atoms with Crippen molar-refractivity contribution in [3.05, 3.63) is 0 Å². The summed E-state index contributed by atoms with van der Waals surface area (Å²) >= 11 is 0. The molecule has 0 aromatic heterocycles. The number of carbonyl (C=O) groups is 7. The number of aliphatic hydroxyl groups excluding tert-OH is 1. The van der Waals surface area contributed by atoms with Crippen LogP contribution < -0.4 is 10.6 Å². The molecule has 0 radical (unpaired) electrons. The van der Waals surface area contributed by atoms with Gasteiger partial charge in [-0.25, -0.2) is 18.8 Å². The molecule has 2 aliphatic heterocycles. The average Bonchev–Trinajstić information content (AvgIpc) is 3.22. The molecule has 2 heterocycles. The van der Waals surface area contributed by atoms with Gasteiger partial charge in [0, 0.05) is 49.9 Å². The van der Waals surface area contributed by atoms with Gasteiger partial charge in [0.2, 0.25) is 11.8 Å². The number of ketones is 2. The standard InChI is InChI=1S/C43H73FN4O14/c1-15-30-22-59-41(56)48(19-17-16-18-32(49)45-27(6)37(53)46-28(7)38(54)57-13)29(8)25(4)33(50)23(2)21-42(9,58-14)36(26(5)35(52)43(10,44)40(55)61-30)62-39-34(51)31(47(11)12)20-24(3)60-39/h23-31,34,36,39,51H,15-22H2,1-14H3,(H,45,49)(H,46,53)/t23-,24-,25-,26+,27+,28+,29-,30-,31+,34-,36-,39-,42+,43-/m1/s1. The molecule has 0 aromatic rings. The van der Waals surface area contributed by atoms with E-state index in [1.165, 1.54) is 39.9 Å². The number of ether oxygens (including phenoxy) is 6. The van der Waals surface area contributed by atoms with E-state index in [4.69, 9.17) is 23.7 Å². The van der Waals surface area contributed by atoms with E-state index in [-0.39, 0.29) is 50.5 Å². The fraction of sp³-hybridized carbons (Fsp3) is 0.837. The van der Waals surface area contributed by atoms with Crippen molar-refractivity contribution in [2.24, 2.45) is 17.8 Å². The van der Waals surface area contributed by atoms with E-state index in [0.717, 1.165) is 6.92 Å². The Bertz CT molecular complexity index is 1570. The average molecular weight is 889 g/mol. The fourth-order valence-corrected chi connectivity index (χ4v) is 7.96. The number of aliphatic hydroxyl groups is 1. The molecule has 14 atom stereocenters. The van der Waals surface area contributed by atoms with E-state index in [0.29, 0.717) is 6.42 Å². The molecule has 2 fully saturated rings. The molecule has 0 bridgehead atoms. The van der Waals surface area contributed by atoms with E-state index in [1.807, 2.05) is 11.8 Å². The molecule has 3 amide bonds. The van der Waals surface area contributed by atoms with Crippen LogP contribution in [-0.2, 0) is 57.2 Å². The number of hydrogen-bond donors (Lipinski definition) is 3. The number of nitrogens with one attached hydrogen (secondary N) is 2. The Morgan fingerprint density at radius 2 is 1.61 bits per heavy atom. The Morgan fingerprint density at radius 1 is 0.984 bits per heavy atom. The number of likely N-dealkylation sites (N-methyl/N-ethyl adjacent to an activating group) is 1. The Balaban J connectivity index is 2.45. The number of carbonyl (C=O) groups excluding carboxylic acids is 7. The highest BCUT2D eigenvalue weighted by Gasteiger charge is 2.54. The Labute approximate surface area is 365 Å². The molecular formula is C43H73FN4O14. The molecule has 62 heavy (non-hydrogen) atoms. The summed E-state index contributed by atoms with van der Waals surface area (Å²) in [5.74, 6) is -7.64. The predicted molar refractivity (Wildman–Crippen MR) is 223 cm³/mol. The van der Waals surface area contributed by atoms with E-state index in [9.17, 15) is 38.7 Å². The Morgan fingerprint density at radius 3 is 2.18 bits per heavy atom. The fourth-order valence-electron chi connectivity index (χ4n) is 7.96. The lowest BCUT2D eigenvalue weighted by Crippen LogP contribution is -2.60. The molecular weight excluding hydrogens is 815 g/mol. The van der Waals surface area contributed by atoms with Gasteiger partial charge < -0.3 is 54.0 Å². The number of esters is 2. The van der Waals surface area contributed by atoms with E-state index in [1.54, 1.807) is 48.7 Å². The molecule has 0 aromatic carbocycles. The number of Topliss-reactive ketones (excluding diaryl/α,β-unsaturated/α-hetero) is 2. The molecule has 2 aliphatic rings. The number of alkyl halides is 1. The van der Waals surface area contributed by atoms with Crippen molar-refractivity contribution < 1.29 is 71.5 Å². The van der Waals surface area contributed by atoms with Crippen molar-refractivity contribution >= 4 is 41.4 Å². The summed E-state index contributed by atoms with van der Waals surface area (Å²) < 4.78 is 50.8. The topological polar surface area (TPSA) is 226 Å². The second-order valence-electron chi connectivity index (χ2n) is 17.5. The minimum atomic E-state index is -3.21. The molecule has 0 saturated carbocycles. The van der Waals surface area contributed by atoms with Gasteiger partial charge in [0.05, 0.1) is 24.9 Å². The second-order valence-corrected chi connectivity index (χ2v) is 17.5. The van der Waals surface area contributed by atoms with Crippen LogP contribution in [0.3, 0.4) is 0 Å². The first-order valence-corrected chi connectivity index (χ1v) is 21.6. The number of hydrogen-bond acceptors (Lipinski definition) is 15. The van der Waals surface area contributed by atoms with Gasteiger partial charge in [-0.3, -0.25) is 19.2 Å². The van der Waals surface area contributed by atoms with Crippen LogP contribution in [0, 0.1) is 17.8 Å². The van der Waals surface area contributed by atoms with Crippen molar-refractivity contribution in [3.63, 3.8) is 0 Å². The largest absolute Gasteiger partial charge is 0.467 e. The second kappa shape index (κ2) is 23.8. The van der Waals surface area contributed by atoms with Crippen molar-refractivity contribution in [1.29, 1.82) is 0 Å². The van der Waals surface area contributed by atoms with Gasteiger partial charge in [0.1, 0.15) is 36.7 Å². The van der Waals surface area contributed by atoms with Gasteiger partial charge >= 0.3 is 18.0 Å². The number of halogens is 1. The Hall–Kier alpha value is -3.78. The maximum Gasteiger partial charge on any atom is 0.410 e. The smallest absolute Gasteiger partial charge is 0.410 e. The minimum absolute atomic E-state index is 0.0174. The third kappa shape index (κ3) is 14.1. The molecule has 0 aliphatic carbocycles. The lowest BCUT2D eigenvalue weighted by Gasteiger charge is -2.47. The third-order valence-electron chi connectivity index (χ3n) is 12.3. The van der Waals surface area contributed by atoms with Crippen LogP contribution in [0.2, 0.25) is 0 Å². The van der Waals surface area contributed by atoms with E-state index >= 15 is 4.39 Å². The number of amides is 3. The number of methoxy groups -OCH3 is 2. The monoisotopic (exact) mass is 889 g/mol. The van der Waals surface area contributed by atoms with Crippen LogP contribution in [0.15, 0.2) is 0 Å². The van der Waals surface area contributed by atoms with E-state index < -0.39 is 120 Å². The zero-order valence-corrected chi connectivity index (χ0v) is 39.1. The number of rotatable bonds is 14. The lowest BCUT2D eigenvalue weighted by molar-refractivity contribution is -0.295. The van der Waals surface area contributed by atoms with Gasteiger partial charge in [-0.15, -0.1) is 0 Å². The molecule has 2 saturated heterocycles. The van der Waals surface area contributed by atoms with Crippen LogP contribution in [-0.4, -0.2) is 164 Å². The zero-order valence-electron chi connectivity index (χ0n) is 39.1. The summed E-state index contributed by atoms with van der Waals surface area (Å²) in [6, 6.07) is -3.02. The van der Waals surface area contributed by atoms with Gasteiger partial charge in [-0.1, -0.05) is 27.7 Å². The maximum atomic E-state index is 16.6. The van der Waals surface area contributed by atoms with E-state index in [2.05, 4.69) is 15.4 Å². The third-order valence-corrected chi connectivity index (χ3v) is 12.3. The molecule has 19 heteroatoms. The van der Waals surface area contributed by atoms with Crippen LogP contribution >= 0.6 is 0 Å². The first kappa shape index (κ1) is 54.4. The van der Waals surface area contributed by atoms with Crippen LogP contribution in [0.5, 0.6) is 0 Å². The molecule has 2 rings (SSSR count). The number of unbranched alkanes of at least 4 members (excludes halogenated alkanes) is 1. The van der Waals surface area contributed by atoms with Crippen molar-refractivity contribution in [1.82, 2.24) is 20.4 Å². The summed E-state index contributed by atoms with van der Waals surface area (Å²) in [4.78, 5) is 95.7. The summed E-state index contributed by atoms with van der Waals surface area (Å²) in [6.07, 6.45) is -5.22. The van der Waals surface area contributed by atoms with Crippen LogP contribution in [0.1, 0.15) is 108 Å². The quantitative estimate of drug-likeness (QED) is 0.0987. The number of cyclic esters (lactones) is 2. The maximum absolute atomic E-state index is 16.6.